The van der Waals surface area contributed by atoms with Gasteiger partial charge in [0.1, 0.15) is 0 Å². The molecule has 0 spiro atoms. The fraction of sp³-hybridized carbons (Fsp3) is 0.200. The highest BCUT2D eigenvalue weighted by atomic mass is 16.1. The second-order valence-corrected chi connectivity index (χ2v) is 8.80. The molecular weight excluding hydrogens is 392 g/mol. The summed E-state index contributed by atoms with van der Waals surface area (Å²) >= 11 is 0. The second-order valence-electron chi connectivity index (χ2n) is 8.80. The van der Waals surface area contributed by atoms with Gasteiger partial charge in [-0.05, 0) is 65.9 Å². The van der Waals surface area contributed by atoms with Crippen LogP contribution in [0.2, 0.25) is 0 Å². The molecule has 2 heteroatoms. The van der Waals surface area contributed by atoms with Crippen molar-refractivity contribution in [3.8, 4) is 0 Å². The zero-order valence-electron chi connectivity index (χ0n) is 18.0. The molecule has 0 N–H and O–H groups in total. The first-order valence-corrected chi connectivity index (χ1v) is 11.4. The van der Waals surface area contributed by atoms with Crippen molar-refractivity contribution in [1.29, 1.82) is 0 Å². The number of hydrogen-bond acceptors (Lipinski definition) is 2. The fourth-order valence-electron chi connectivity index (χ4n) is 4.68. The molecule has 0 radical (unpaired) electrons. The molecule has 32 heavy (non-hydrogen) atoms. The van der Waals surface area contributed by atoms with Crippen molar-refractivity contribution in [2.24, 2.45) is 11.8 Å². The Hall–Kier alpha value is -3.52. The Kier molecular flexibility index (Phi) is 5.68. The third kappa shape index (κ3) is 4.13. The molecular formula is C30H26O2. The van der Waals surface area contributed by atoms with Crippen LogP contribution in [0.5, 0.6) is 0 Å². The van der Waals surface area contributed by atoms with Crippen molar-refractivity contribution in [1.82, 2.24) is 0 Å². The van der Waals surface area contributed by atoms with Crippen molar-refractivity contribution in [2.75, 3.05) is 0 Å². The number of allylic oxidation sites excluding steroid dienone is 4. The number of carbonyl (C=O) groups excluding carboxylic acids is 2. The van der Waals surface area contributed by atoms with E-state index in [-0.39, 0.29) is 23.4 Å². The van der Waals surface area contributed by atoms with E-state index in [0.717, 1.165) is 36.8 Å². The van der Waals surface area contributed by atoms with Crippen LogP contribution in [0.15, 0.2) is 108 Å². The maximum Gasteiger partial charge on any atom is 0.189 e. The first-order valence-electron chi connectivity index (χ1n) is 11.4. The third-order valence-corrected chi connectivity index (χ3v) is 6.69. The van der Waals surface area contributed by atoms with Gasteiger partial charge in [0.2, 0.25) is 0 Å². The van der Waals surface area contributed by atoms with Crippen molar-refractivity contribution in [3.63, 3.8) is 0 Å². The minimum atomic E-state index is 0.0512. The van der Waals surface area contributed by atoms with Gasteiger partial charge in [-0.2, -0.15) is 0 Å². The van der Waals surface area contributed by atoms with Crippen molar-refractivity contribution in [3.05, 3.63) is 130 Å². The van der Waals surface area contributed by atoms with Gasteiger partial charge in [0.25, 0.3) is 0 Å². The minimum Gasteiger partial charge on any atom is -0.289 e. The summed E-state index contributed by atoms with van der Waals surface area (Å²) in [5, 5.41) is 0. The summed E-state index contributed by atoms with van der Waals surface area (Å²) in [5.74, 6) is 0.619. The Morgan fingerprint density at radius 3 is 1.41 bits per heavy atom. The molecule has 158 valence electrons. The van der Waals surface area contributed by atoms with Crippen LogP contribution in [0.4, 0.5) is 0 Å². The van der Waals surface area contributed by atoms with E-state index in [1.165, 1.54) is 11.1 Å². The summed E-state index contributed by atoms with van der Waals surface area (Å²) < 4.78 is 0. The van der Waals surface area contributed by atoms with E-state index in [1.54, 1.807) is 6.07 Å². The Labute approximate surface area is 189 Å². The van der Waals surface area contributed by atoms with Gasteiger partial charge in [0.15, 0.2) is 11.6 Å². The van der Waals surface area contributed by atoms with Crippen LogP contribution in [0.3, 0.4) is 0 Å². The minimum absolute atomic E-state index is 0.0512. The fourth-order valence-corrected chi connectivity index (χ4v) is 4.68. The lowest BCUT2D eigenvalue weighted by Crippen LogP contribution is -2.24. The van der Waals surface area contributed by atoms with E-state index >= 15 is 0 Å². The van der Waals surface area contributed by atoms with E-state index in [2.05, 4.69) is 24.3 Å². The molecule has 0 saturated carbocycles. The lowest BCUT2D eigenvalue weighted by molar-refractivity contribution is 0.101. The van der Waals surface area contributed by atoms with Crippen LogP contribution in [0.25, 0.3) is 0 Å². The molecule has 3 aromatic rings. The third-order valence-electron chi connectivity index (χ3n) is 6.69. The highest BCUT2D eigenvalue weighted by molar-refractivity contribution is 6.14. The summed E-state index contributed by atoms with van der Waals surface area (Å²) in [5.41, 5.74) is 5.48. The molecule has 0 fully saturated rings. The number of benzene rings is 3. The van der Waals surface area contributed by atoms with Crippen molar-refractivity contribution in [2.45, 2.75) is 25.7 Å². The van der Waals surface area contributed by atoms with Crippen LogP contribution >= 0.6 is 0 Å². The SMILES string of the molecule is O=C(C1=CCC1Cc1ccccc1)c1cccc(C(=O)C2=CCC2Cc2ccccc2)c1. The van der Waals surface area contributed by atoms with Gasteiger partial charge in [0, 0.05) is 11.1 Å². The number of ketones is 2. The van der Waals surface area contributed by atoms with Gasteiger partial charge < -0.3 is 0 Å². The standard InChI is InChI=1S/C30H26O2/c31-29(27-16-14-23(27)18-21-8-3-1-4-9-21)25-12-7-13-26(20-25)30(32)28-17-15-24(28)19-22-10-5-2-6-11-22/h1-13,16-17,20,23-24H,14-15,18-19H2. The number of hydrogen-bond donors (Lipinski definition) is 0. The van der Waals surface area contributed by atoms with Gasteiger partial charge in [-0.3, -0.25) is 9.59 Å². The molecule has 0 saturated heterocycles. The molecule has 2 nitrogen and oxygen atoms in total. The van der Waals surface area contributed by atoms with Crippen LogP contribution in [0, 0.1) is 11.8 Å². The topological polar surface area (TPSA) is 34.1 Å². The molecule has 0 aliphatic heterocycles. The molecule has 0 amide bonds. The summed E-state index contributed by atoms with van der Waals surface area (Å²) in [6.45, 7) is 0. The number of Topliss-reactive ketones (excluding diaryl/α,β-unsaturated/α-hetero) is 2. The quantitative estimate of drug-likeness (QED) is 0.395. The Morgan fingerprint density at radius 1 is 0.594 bits per heavy atom. The average Bonchev–Trinajstić information content (AvgIpc) is 2.81. The molecule has 0 heterocycles. The molecule has 0 aromatic heterocycles. The predicted octanol–water partition coefficient (Wildman–Crippen LogP) is 6.43. The smallest absolute Gasteiger partial charge is 0.189 e. The molecule has 5 rings (SSSR count). The van der Waals surface area contributed by atoms with Crippen LogP contribution in [-0.2, 0) is 12.8 Å². The van der Waals surface area contributed by atoms with Crippen LogP contribution in [0.1, 0.15) is 44.7 Å². The van der Waals surface area contributed by atoms with E-state index < -0.39 is 0 Å². The Bertz CT molecular complexity index is 1110. The van der Waals surface area contributed by atoms with Gasteiger partial charge >= 0.3 is 0 Å². The highest BCUT2D eigenvalue weighted by Crippen LogP contribution is 2.35. The molecule has 0 bridgehead atoms. The van der Waals surface area contributed by atoms with Crippen LogP contribution in [-0.4, -0.2) is 11.6 Å². The lowest BCUT2D eigenvalue weighted by Gasteiger charge is -2.27. The van der Waals surface area contributed by atoms with Crippen molar-refractivity contribution < 1.29 is 9.59 Å². The molecule has 2 aliphatic rings. The highest BCUT2D eigenvalue weighted by Gasteiger charge is 2.30. The Balaban J connectivity index is 1.27. The lowest BCUT2D eigenvalue weighted by atomic mass is 9.75. The zero-order chi connectivity index (χ0) is 21.9. The summed E-state index contributed by atoms with van der Waals surface area (Å²) in [6.07, 6.45) is 7.70. The zero-order valence-corrected chi connectivity index (χ0v) is 18.0. The average molecular weight is 419 g/mol. The maximum absolute atomic E-state index is 13.2. The Morgan fingerprint density at radius 2 is 1.03 bits per heavy atom. The van der Waals surface area contributed by atoms with E-state index in [0.29, 0.717) is 11.1 Å². The normalized spacial score (nSPS) is 19.2. The molecule has 2 unspecified atom stereocenters. The summed E-state index contributed by atoms with van der Waals surface area (Å²) in [4.78, 5) is 26.3. The second kappa shape index (κ2) is 8.92. The van der Waals surface area contributed by atoms with Crippen molar-refractivity contribution >= 4 is 11.6 Å². The first-order chi connectivity index (χ1) is 15.7. The molecule has 2 aliphatic carbocycles. The van der Waals surface area contributed by atoms with E-state index in [9.17, 15) is 9.59 Å². The van der Waals surface area contributed by atoms with Gasteiger partial charge in [-0.25, -0.2) is 0 Å². The van der Waals surface area contributed by atoms with Gasteiger partial charge in [-0.1, -0.05) is 91.0 Å². The monoisotopic (exact) mass is 418 g/mol. The largest absolute Gasteiger partial charge is 0.289 e. The number of rotatable bonds is 8. The van der Waals surface area contributed by atoms with E-state index in [1.807, 2.05) is 66.7 Å². The maximum atomic E-state index is 13.2. The van der Waals surface area contributed by atoms with Crippen LogP contribution < -0.4 is 0 Å². The summed E-state index contributed by atoms with van der Waals surface area (Å²) in [7, 11) is 0. The van der Waals surface area contributed by atoms with Gasteiger partial charge in [0.05, 0.1) is 0 Å². The first kappa shape index (κ1) is 20.4. The van der Waals surface area contributed by atoms with Gasteiger partial charge in [-0.15, -0.1) is 0 Å². The number of carbonyl (C=O) groups is 2. The molecule has 3 aromatic carbocycles. The summed E-state index contributed by atoms with van der Waals surface area (Å²) in [6, 6.07) is 27.9. The van der Waals surface area contributed by atoms with E-state index in [4.69, 9.17) is 0 Å². The molecule has 2 atom stereocenters. The predicted molar refractivity (Wildman–Crippen MR) is 128 cm³/mol.